The lowest BCUT2D eigenvalue weighted by Gasteiger charge is -2.40. The van der Waals surface area contributed by atoms with Gasteiger partial charge < -0.3 is 15.0 Å². The first-order valence-electron chi connectivity index (χ1n) is 11.8. The van der Waals surface area contributed by atoms with Crippen LogP contribution >= 0.6 is 0 Å². The summed E-state index contributed by atoms with van der Waals surface area (Å²) in [4.78, 5) is 42.6. The smallest absolute Gasteiger partial charge is 0.333 e. The standard InChI is InChI=1S/C25H45N3O4/c1-11-32-24(31)18(5)15-19(16(2)3)28(10)23(30)21(25(6,7)8)26-22(29)20-14-17(4)12-13-27(20)9/h15-17,19-21H,11-14H2,1-10H3,(H,26,29)/b18-15+/t17-,19+,20-,21+/m0/s1. The summed E-state index contributed by atoms with van der Waals surface area (Å²) < 4.78 is 5.09. The quantitative estimate of drug-likeness (QED) is 0.453. The fourth-order valence-corrected chi connectivity index (χ4v) is 4.12. The van der Waals surface area contributed by atoms with Gasteiger partial charge in [-0.3, -0.25) is 14.5 Å². The number of piperidine rings is 1. The Kier molecular flexibility index (Phi) is 10.4. The van der Waals surface area contributed by atoms with Gasteiger partial charge in [0.1, 0.15) is 6.04 Å². The molecule has 7 nitrogen and oxygen atoms in total. The van der Waals surface area contributed by atoms with Crippen molar-refractivity contribution < 1.29 is 19.1 Å². The van der Waals surface area contributed by atoms with E-state index in [2.05, 4.69) is 17.1 Å². The largest absolute Gasteiger partial charge is 0.463 e. The molecule has 1 N–H and O–H groups in total. The van der Waals surface area contributed by atoms with Crippen LogP contribution in [0.1, 0.15) is 68.2 Å². The Morgan fingerprint density at radius 3 is 2.34 bits per heavy atom. The van der Waals surface area contributed by atoms with Gasteiger partial charge in [-0.25, -0.2) is 4.79 Å². The van der Waals surface area contributed by atoms with E-state index in [0.29, 0.717) is 18.1 Å². The predicted octanol–water partition coefficient (Wildman–Crippen LogP) is 3.24. The molecule has 4 atom stereocenters. The maximum Gasteiger partial charge on any atom is 0.333 e. The molecule has 0 spiro atoms. The van der Waals surface area contributed by atoms with Gasteiger partial charge >= 0.3 is 5.97 Å². The summed E-state index contributed by atoms with van der Waals surface area (Å²) >= 11 is 0. The Morgan fingerprint density at radius 2 is 1.84 bits per heavy atom. The molecule has 7 heteroatoms. The highest BCUT2D eigenvalue weighted by molar-refractivity contribution is 5.91. The van der Waals surface area contributed by atoms with Crippen molar-refractivity contribution in [2.75, 3.05) is 27.2 Å². The maximum absolute atomic E-state index is 13.6. The third-order valence-corrected chi connectivity index (χ3v) is 6.33. The second-order valence-corrected chi connectivity index (χ2v) is 10.7. The molecule has 0 saturated carbocycles. The Hall–Kier alpha value is -1.89. The average molecular weight is 452 g/mol. The van der Waals surface area contributed by atoms with Crippen LogP contribution in [-0.2, 0) is 19.1 Å². The number of amides is 2. The number of ether oxygens (including phenoxy) is 1. The van der Waals surface area contributed by atoms with Crippen LogP contribution in [0.2, 0.25) is 0 Å². The van der Waals surface area contributed by atoms with E-state index < -0.39 is 11.5 Å². The second-order valence-electron chi connectivity index (χ2n) is 10.7. The van der Waals surface area contributed by atoms with Crippen molar-refractivity contribution in [3.05, 3.63) is 11.6 Å². The lowest BCUT2D eigenvalue weighted by atomic mass is 9.84. The van der Waals surface area contributed by atoms with E-state index in [1.54, 1.807) is 31.9 Å². The van der Waals surface area contributed by atoms with E-state index in [0.717, 1.165) is 19.4 Å². The van der Waals surface area contributed by atoms with Crippen molar-refractivity contribution in [1.82, 2.24) is 15.1 Å². The van der Waals surface area contributed by atoms with Gasteiger partial charge in [-0.2, -0.15) is 0 Å². The second kappa shape index (κ2) is 11.8. The van der Waals surface area contributed by atoms with E-state index in [1.165, 1.54) is 0 Å². The number of carbonyl (C=O) groups is 3. The lowest BCUT2D eigenvalue weighted by molar-refractivity contribution is -0.142. The number of hydrogen-bond acceptors (Lipinski definition) is 5. The Morgan fingerprint density at radius 1 is 1.25 bits per heavy atom. The highest BCUT2D eigenvalue weighted by Gasteiger charge is 2.39. The van der Waals surface area contributed by atoms with Gasteiger partial charge in [0.15, 0.2) is 0 Å². The zero-order chi connectivity index (χ0) is 24.8. The molecule has 1 aliphatic rings. The number of hydrogen-bond donors (Lipinski definition) is 1. The van der Waals surface area contributed by atoms with Gasteiger partial charge in [0, 0.05) is 12.6 Å². The van der Waals surface area contributed by atoms with Gasteiger partial charge in [0.05, 0.1) is 18.7 Å². The van der Waals surface area contributed by atoms with Gasteiger partial charge in [0.2, 0.25) is 11.8 Å². The first-order valence-corrected chi connectivity index (χ1v) is 11.8. The van der Waals surface area contributed by atoms with Crippen LogP contribution in [0.25, 0.3) is 0 Å². The third-order valence-electron chi connectivity index (χ3n) is 6.33. The zero-order valence-electron chi connectivity index (χ0n) is 21.8. The summed E-state index contributed by atoms with van der Waals surface area (Å²) in [5, 5.41) is 3.06. The molecule has 32 heavy (non-hydrogen) atoms. The van der Waals surface area contributed by atoms with Crippen molar-refractivity contribution in [2.24, 2.45) is 17.3 Å². The fourth-order valence-electron chi connectivity index (χ4n) is 4.12. The molecule has 1 aliphatic heterocycles. The van der Waals surface area contributed by atoms with Crippen molar-refractivity contribution in [3.8, 4) is 0 Å². The summed E-state index contributed by atoms with van der Waals surface area (Å²) in [6, 6.07) is -1.21. The van der Waals surface area contributed by atoms with Gasteiger partial charge in [-0.1, -0.05) is 47.6 Å². The molecule has 0 unspecified atom stereocenters. The number of nitrogens with zero attached hydrogens (tertiary/aromatic N) is 2. The lowest BCUT2D eigenvalue weighted by Crippen LogP contribution is -2.60. The minimum Gasteiger partial charge on any atom is -0.463 e. The number of carbonyl (C=O) groups excluding carboxylic acids is 3. The van der Waals surface area contributed by atoms with Crippen LogP contribution in [-0.4, -0.2) is 73.0 Å². The number of likely N-dealkylation sites (tertiary alicyclic amines) is 1. The predicted molar refractivity (Wildman–Crippen MR) is 128 cm³/mol. The van der Waals surface area contributed by atoms with Gasteiger partial charge in [-0.15, -0.1) is 0 Å². The molecule has 0 radical (unpaired) electrons. The molecular weight excluding hydrogens is 406 g/mol. The highest BCUT2D eigenvalue weighted by Crippen LogP contribution is 2.26. The summed E-state index contributed by atoms with van der Waals surface area (Å²) in [6.45, 7) is 16.7. The molecule has 184 valence electrons. The van der Waals surface area contributed by atoms with Crippen LogP contribution < -0.4 is 5.32 Å². The number of esters is 1. The van der Waals surface area contributed by atoms with Crippen molar-refractivity contribution >= 4 is 17.8 Å². The molecule has 1 saturated heterocycles. The van der Waals surface area contributed by atoms with Crippen molar-refractivity contribution in [3.63, 3.8) is 0 Å². The van der Waals surface area contributed by atoms with Crippen LogP contribution in [0.5, 0.6) is 0 Å². The Balaban J connectivity index is 3.12. The molecule has 1 rings (SSSR count). The molecular formula is C25H45N3O4. The molecule has 2 amide bonds. The summed E-state index contributed by atoms with van der Waals surface area (Å²) in [5.41, 5.74) is 0.000687. The van der Waals surface area contributed by atoms with Crippen LogP contribution in [0.3, 0.4) is 0 Å². The highest BCUT2D eigenvalue weighted by atomic mass is 16.5. The Bertz CT molecular complexity index is 696. The van der Waals surface area contributed by atoms with Gasteiger partial charge in [0.25, 0.3) is 0 Å². The summed E-state index contributed by atoms with van der Waals surface area (Å²) in [7, 11) is 3.70. The first-order chi connectivity index (χ1) is 14.7. The zero-order valence-corrected chi connectivity index (χ0v) is 21.8. The van der Waals surface area contributed by atoms with E-state index in [1.807, 2.05) is 41.7 Å². The summed E-state index contributed by atoms with van der Waals surface area (Å²) in [5.74, 6) is -0.0807. The van der Waals surface area contributed by atoms with Crippen molar-refractivity contribution in [2.45, 2.75) is 86.4 Å². The fraction of sp³-hybridized carbons (Fsp3) is 0.800. The maximum atomic E-state index is 13.6. The third kappa shape index (κ3) is 7.61. The topological polar surface area (TPSA) is 79.0 Å². The molecule has 0 aromatic carbocycles. The molecule has 0 aromatic heterocycles. The SMILES string of the molecule is CCOC(=O)/C(C)=C/[C@H](C(C)C)N(C)C(=O)[C@@H](NC(=O)[C@@H]1C[C@@H](C)CCN1C)C(C)(C)C. The number of rotatable bonds is 8. The van der Waals surface area contributed by atoms with E-state index in [-0.39, 0.29) is 35.8 Å². The van der Waals surface area contributed by atoms with E-state index in [4.69, 9.17) is 4.74 Å². The molecule has 1 fully saturated rings. The molecule has 0 aliphatic carbocycles. The van der Waals surface area contributed by atoms with Crippen LogP contribution in [0, 0.1) is 17.3 Å². The molecule has 0 aromatic rings. The van der Waals surface area contributed by atoms with E-state index >= 15 is 0 Å². The van der Waals surface area contributed by atoms with E-state index in [9.17, 15) is 14.4 Å². The number of likely N-dealkylation sites (N-methyl/N-ethyl adjacent to an activating group) is 2. The van der Waals surface area contributed by atoms with Crippen LogP contribution in [0.15, 0.2) is 11.6 Å². The number of nitrogens with one attached hydrogen (secondary N) is 1. The Labute approximate surface area is 194 Å². The molecule has 0 bridgehead atoms. The minimum atomic E-state index is -0.678. The van der Waals surface area contributed by atoms with Crippen LogP contribution in [0.4, 0.5) is 0 Å². The average Bonchev–Trinajstić information content (AvgIpc) is 2.69. The molecule has 1 heterocycles. The minimum absolute atomic E-state index is 0.0787. The van der Waals surface area contributed by atoms with Gasteiger partial charge in [-0.05, 0) is 57.5 Å². The monoisotopic (exact) mass is 451 g/mol. The normalized spacial score (nSPS) is 22.3. The van der Waals surface area contributed by atoms with Crippen molar-refractivity contribution in [1.29, 1.82) is 0 Å². The summed E-state index contributed by atoms with van der Waals surface area (Å²) in [6.07, 6.45) is 3.66. The first kappa shape index (κ1) is 28.1.